The number of rotatable bonds is 4. The highest BCUT2D eigenvalue weighted by atomic mass is 79.9. The van der Waals surface area contributed by atoms with Crippen molar-refractivity contribution in [3.63, 3.8) is 0 Å². The third-order valence-corrected chi connectivity index (χ3v) is 4.87. The highest BCUT2D eigenvalue weighted by Crippen LogP contribution is 2.31. The Hall–Kier alpha value is -2.14. The highest BCUT2D eigenvalue weighted by molar-refractivity contribution is 9.10. The van der Waals surface area contributed by atoms with E-state index in [1.807, 2.05) is 61.5 Å². The van der Waals surface area contributed by atoms with Crippen molar-refractivity contribution in [1.29, 1.82) is 0 Å². The van der Waals surface area contributed by atoms with Crippen LogP contribution in [0.1, 0.15) is 13.3 Å². The Kier molecular flexibility index (Phi) is 5.00. The van der Waals surface area contributed by atoms with Crippen LogP contribution >= 0.6 is 15.9 Å². The number of hydrogen-bond donors (Lipinski definition) is 1. The summed E-state index contributed by atoms with van der Waals surface area (Å²) in [5.74, 6) is -0.230. The highest BCUT2D eigenvalue weighted by Gasteiger charge is 2.39. The van der Waals surface area contributed by atoms with E-state index in [-0.39, 0.29) is 30.1 Å². The summed E-state index contributed by atoms with van der Waals surface area (Å²) < 4.78 is 0.957. The Labute approximate surface area is 150 Å². The number of hydrogen-bond acceptors (Lipinski definition) is 2. The molecule has 1 fully saturated rings. The number of para-hydroxylation sites is 1. The minimum atomic E-state index is -0.277. The fourth-order valence-electron chi connectivity index (χ4n) is 3.02. The molecule has 0 unspecified atom stereocenters. The Morgan fingerprint density at radius 1 is 1.17 bits per heavy atom. The third kappa shape index (κ3) is 3.67. The molecule has 4 nitrogen and oxygen atoms in total. The molecule has 1 aliphatic rings. The molecule has 0 spiro atoms. The number of nitrogens with one attached hydrogen (secondary N) is 1. The van der Waals surface area contributed by atoms with Gasteiger partial charge in [0.1, 0.15) is 0 Å². The fraction of sp³-hybridized carbons (Fsp3) is 0.263. The zero-order valence-electron chi connectivity index (χ0n) is 13.4. The second kappa shape index (κ2) is 7.18. The lowest BCUT2D eigenvalue weighted by Crippen LogP contribution is -2.29. The molecule has 0 aromatic heterocycles. The van der Waals surface area contributed by atoms with Gasteiger partial charge in [-0.3, -0.25) is 9.59 Å². The summed E-state index contributed by atoms with van der Waals surface area (Å²) >= 11 is 3.36. The molecule has 0 radical (unpaired) electrons. The normalized spacial score (nSPS) is 20.2. The SMILES string of the molecule is C[C@H]1CN(c2ccccc2)C(=O)[C@H]1CC(=O)Nc1ccc(Br)cc1. The van der Waals surface area contributed by atoms with Gasteiger partial charge in [-0.15, -0.1) is 0 Å². The Balaban J connectivity index is 1.65. The second-order valence-corrected chi connectivity index (χ2v) is 7.04. The van der Waals surface area contributed by atoms with Gasteiger partial charge in [0.25, 0.3) is 0 Å². The lowest BCUT2D eigenvalue weighted by molar-refractivity contribution is -0.125. The molecule has 5 heteroatoms. The number of nitrogens with zero attached hydrogens (tertiary/aromatic N) is 1. The zero-order valence-corrected chi connectivity index (χ0v) is 15.0. The average Bonchev–Trinajstić information content (AvgIpc) is 2.86. The van der Waals surface area contributed by atoms with Crippen LogP contribution in [0.15, 0.2) is 59.1 Å². The van der Waals surface area contributed by atoms with Crippen LogP contribution in [0.4, 0.5) is 11.4 Å². The van der Waals surface area contributed by atoms with Crippen molar-refractivity contribution >= 4 is 39.1 Å². The summed E-state index contributed by atoms with van der Waals surface area (Å²) in [6, 6.07) is 17.0. The quantitative estimate of drug-likeness (QED) is 0.860. The van der Waals surface area contributed by atoms with E-state index in [0.717, 1.165) is 15.8 Å². The predicted molar refractivity (Wildman–Crippen MR) is 98.8 cm³/mol. The van der Waals surface area contributed by atoms with E-state index in [9.17, 15) is 9.59 Å². The summed E-state index contributed by atoms with van der Waals surface area (Å²) in [4.78, 5) is 26.8. The molecular formula is C19H19BrN2O2. The topological polar surface area (TPSA) is 49.4 Å². The smallest absolute Gasteiger partial charge is 0.230 e. The molecule has 2 aromatic carbocycles. The maximum atomic E-state index is 12.7. The first kappa shape index (κ1) is 16.7. The number of halogens is 1. The first-order valence-electron chi connectivity index (χ1n) is 7.96. The van der Waals surface area contributed by atoms with Crippen molar-refractivity contribution in [3.05, 3.63) is 59.1 Å². The second-order valence-electron chi connectivity index (χ2n) is 6.13. The monoisotopic (exact) mass is 386 g/mol. The maximum absolute atomic E-state index is 12.7. The lowest BCUT2D eigenvalue weighted by atomic mass is 9.94. The molecule has 24 heavy (non-hydrogen) atoms. The maximum Gasteiger partial charge on any atom is 0.230 e. The van der Waals surface area contributed by atoms with E-state index in [2.05, 4.69) is 21.2 Å². The molecule has 1 heterocycles. The predicted octanol–water partition coefficient (Wildman–Crippen LogP) is 4.08. The molecule has 2 amide bonds. The Morgan fingerprint density at radius 3 is 2.50 bits per heavy atom. The molecule has 0 saturated carbocycles. The minimum Gasteiger partial charge on any atom is -0.326 e. The molecule has 0 bridgehead atoms. The van der Waals surface area contributed by atoms with Gasteiger partial charge in [0, 0.05) is 28.8 Å². The van der Waals surface area contributed by atoms with E-state index in [1.165, 1.54) is 0 Å². The lowest BCUT2D eigenvalue weighted by Gasteiger charge is -2.16. The van der Waals surface area contributed by atoms with E-state index in [1.54, 1.807) is 4.90 Å². The van der Waals surface area contributed by atoms with Crippen molar-refractivity contribution in [1.82, 2.24) is 0 Å². The van der Waals surface area contributed by atoms with Crippen molar-refractivity contribution < 1.29 is 9.59 Å². The Morgan fingerprint density at radius 2 is 1.83 bits per heavy atom. The van der Waals surface area contributed by atoms with Gasteiger partial charge in [-0.25, -0.2) is 0 Å². The van der Waals surface area contributed by atoms with E-state index in [0.29, 0.717) is 6.54 Å². The summed E-state index contributed by atoms with van der Waals surface area (Å²) in [6.45, 7) is 2.68. The number of carbonyl (C=O) groups excluding carboxylic acids is 2. The molecule has 2 aromatic rings. The van der Waals surface area contributed by atoms with Gasteiger partial charge in [-0.05, 0) is 42.3 Å². The van der Waals surface area contributed by atoms with Gasteiger partial charge in [0.05, 0.1) is 5.92 Å². The number of carbonyl (C=O) groups is 2. The third-order valence-electron chi connectivity index (χ3n) is 4.34. The molecule has 0 aliphatic carbocycles. The molecule has 2 atom stereocenters. The van der Waals surface area contributed by atoms with Gasteiger partial charge < -0.3 is 10.2 Å². The van der Waals surface area contributed by atoms with Crippen molar-refractivity contribution in [2.24, 2.45) is 11.8 Å². The van der Waals surface area contributed by atoms with Crippen molar-refractivity contribution in [2.45, 2.75) is 13.3 Å². The summed E-state index contributed by atoms with van der Waals surface area (Å²) in [5, 5.41) is 2.86. The number of benzene rings is 2. The first-order chi connectivity index (χ1) is 11.5. The summed E-state index contributed by atoms with van der Waals surface area (Å²) in [5.41, 5.74) is 1.63. The summed E-state index contributed by atoms with van der Waals surface area (Å²) in [7, 11) is 0. The number of anilines is 2. The fourth-order valence-corrected chi connectivity index (χ4v) is 3.29. The van der Waals surface area contributed by atoms with E-state index < -0.39 is 0 Å². The minimum absolute atomic E-state index is 0.0275. The van der Waals surface area contributed by atoms with Gasteiger partial charge >= 0.3 is 0 Å². The number of amides is 2. The molecule has 1 saturated heterocycles. The van der Waals surface area contributed by atoms with Crippen LogP contribution < -0.4 is 10.2 Å². The molecule has 1 N–H and O–H groups in total. The van der Waals surface area contributed by atoms with Gasteiger partial charge in [0.15, 0.2) is 0 Å². The van der Waals surface area contributed by atoms with Gasteiger partial charge in [-0.2, -0.15) is 0 Å². The van der Waals surface area contributed by atoms with Crippen molar-refractivity contribution in [2.75, 3.05) is 16.8 Å². The van der Waals surface area contributed by atoms with E-state index in [4.69, 9.17) is 0 Å². The largest absolute Gasteiger partial charge is 0.326 e. The van der Waals surface area contributed by atoms with Gasteiger partial charge in [-0.1, -0.05) is 41.1 Å². The zero-order chi connectivity index (χ0) is 17.1. The van der Waals surface area contributed by atoms with Gasteiger partial charge in [0.2, 0.25) is 11.8 Å². The Bertz CT molecular complexity index is 731. The van der Waals surface area contributed by atoms with Crippen LogP contribution in [-0.4, -0.2) is 18.4 Å². The van der Waals surface area contributed by atoms with Crippen LogP contribution in [0.2, 0.25) is 0 Å². The van der Waals surface area contributed by atoms with Crippen molar-refractivity contribution in [3.8, 4) is 0 Å². The standard InChI is InChI=1S/C19H19BrN2O2/c1-13-12-22(16-5-3-2-4-6-16)19(24)17(13)11-18(23)21-15-9-7-14(20)8-10-15/h2-10,13,17H,11-12H2,1H3,(H,21,23)/t13-,17-/m0/s1. The van der Waals surface area contributed by atoms with Crippen LogP contribution in [0, 0.1) is 11.8 Å². The average molecular weight is 387 g/mol. The molecule has 1 aliphatic heterocycles. The van der Waals surface area contributed by atoms with E-state index >= 15 is 0 Å². The first-order valence-corrected chi connectivity index (χ1v) is 8.76. The molecular weight excluding hydrogens is 368 g/mol. The van der Waals surface area contributed by atoms with Crippen LogP contribution in [-0.2, 0) is 9.59 Å². The molecule has 124 valence electrons. The van der Waals surface area contributed by atoms with Crippen LogP contribution in [0.25, 0.3) is 0 Å². The molecule has 3 rings (SSSR count). The van der Waals surface area contributed by atoms with Crippen LogP contribution in [0.5, 0.6) is 0 Å². The summed E-state index contributed by atoms with van der Waals surface area (Å²) in [6.07, 6.45) is 0.208. The van der Waals surface area contributed by atoms with Crippen LogP contribution in [0.3, 0.4) is 0 Å².